The van der Waals surface area contributed by atoms with Gasteiger partial charge < -0.3 is 18.9 Å². The van der Waals surface area contributed by atoms with Crippen molar-refractivity contribution in [1.29, 1.82) is 0 Å². The van der Waals surface area contributed by atoms with E-state index in [4.69, 9.17) is 18.9 Å². The monoisotopic (exact) mass is 314 g/mol. The smallest absolute Gasteiger partial charge is 0.303 e. The summed E-state index contributed by atoms with van der Waals surface area (Å²) in [7, 11) is 0. The Morgan fingerprint density at radius 1 is 1.05 bits per heavy atom. The Morgan fingerprint density at radius 2 is 1.64 bits per heavy atom. The summed E-state index contributed by atoms with van der Waals surface area (Å²) in [5, 5.41) is 0. The van der Waals surface area contributed by atoms with Crippen LogP contribution in [0.4, 0.5) is 0 Å². The Balaban J connectivity index is 2.21. The van der Waals surface area contributed by atoms with Crippen molar-refractivity contribution in [3.63, 3.8) is 0 Å². The second-order valence-electron chi connectivity index (χ2n) is 5.36. The van der Waals surface area contributed by atoms with Crippen LogP contribution >= 0.6 is 0 Å². The highest BCUT2D eigenvalue weighted by Crippen LogP contribution is 2.40. The molecule has 0 aromatic rings. The van der Waals surface area contributed by atoms with E-state index in [-0.39, 0.29) is 18.8 Å². The molecular weight excluding hydrogens is 296 g/mol. The topological polar surface area (TPSA) is 105 Å². The molecule has 2 rings (SSSR count). The second kappa shape index (κ2) is 6.43. The molecule has 2 aliphatic rings. The van der Waals surface area contributed by atoms with Gasteiger partial charge in [0.15, 0.2) is 12.2 Å². The van der Waals surface area contributed by atoms with E-state index < -0.39 is 48.2 Å². The van der Waals surface area contributed by atoms with Crippen molar-refractivity contribution >= 4 is 23.7 Å². The molecular formula is C14H18O8. The molecule has 22 heavy (non-hydrogen) atoms. The summed E-state index contributed by atoms with van der Waals surface area (Å²) < 4.78 is 20.9. The molecule has 1 aliphatic carbocycles. The molecule has 8 heteroatoms. The molecule has 5 atom stereocenters. The Morgan fingerprint density at radius 3 is 2.14 bits per heavy atom. The average Bonchev–Trinajstić information content (AvgIpc) is 2.37. The molecule has 0 aromatic heterocycles. The highest BCUT2D eigenvalue weighted by molar-refractivity contribution is 5.89. The zero-order chi connectivity index (χ0) is 16.4. The minimum atomic E-state index is -0.994. The van der Waals surface area contributed by atoms with Crippen molar-refractivity contribution in [2.45, 2.75) is 51.6 Å². The molecule has 1 saturated carbocycles. The van der Waals surface area contributed by atoms with E-state index in [1.54, 1.807) is 0 Å². The fourth-order valence-electron chi connectivity index (χ4n) is 2.75. The van der Waals surface area contributed by atoms with E-state index in [0.717, 1.165) is 0 Å². The summed E-state index contributed by atoms with van der Waals surface area (Å²) in [5.74, 6) is -2.47. The molecule has 8 nitrogen and oxygen atoms in total. The highest BCUT2D eigenvalue weighted by Gasteiger charge is 2.58. The van der Waals surface area contributed by atoms with Crippen molar-refractivity contribution in [3.8, 4) is 0 Å². The number of fused-ring (bicyclic) bond motifs is 1. The third-order valence-electron chi connectivity index (χ3n) is 3.62. The molecule has 0 radical (unpaired) electrons. The molecule has 0 aromatic carbocycles. The SMILES string of the molecule is CC(=O)OC[C@H]1O[C@@H]2CC(=O)[C@@H]2[C@@H](OC(C)=O)[C@@H]1OC(C)=O. The molecule has 0 spiro atoms. The fourth-order valence-corrected chi connectivity index (χ4v) is 2.75. The summed E-state index contributed by atoms with van der Waals surface area (Å²) in [4.78, 5) is 45.3. The molecule has 0 bridgehead atoms. The number of hydrogen-bond donors (Lipinski definition) is 0. The molecule has 1 aliphatic heterocycles. The van der Waals surface area contributed by atoms with Gasteiger partial charge in [0.2, 0.25) is 0 Å². The van der Waals surface area contributed by atoms with Gasteiger partial charge in [-0.25, -0.2) is 0 Å². The number of hydrogen-bond acceptors (Lipinski definition) is 8. The van der Waals surface area contributed by atoms with Gasteiger partial charge in [0, 0.05) is 27.2 Å². The summed E-state index contributed by atoms with van der Waals surface area (Å²) in [6.45, 7) is 3.49. The van der Waals surface area contributed by atoms with Crippen molar-refractivity contribution in [1.82, 2.24) is 0 Å². The van der Waals surface area contributed by atoms with E-state index in [9.17, 15) is 19.2 Å². The van der Waals surface area contributed by atoms with Gasteiger partial charge >= 0.3 is 17.9 Å². The van der Waals surface area contributed by atoms with Crippen molar-refractivity contribution in [2.24, 2.45) is 5.92 Å². The van der Waals surface area contributed by atoms with Crippen LogP contribution in [0, 0.1) is 5.92 Å². The Kier molecular flexibility index (Phi) is 4.80. The lowest BCUT2D eigenvalue weighted by atomic mass is 9.72. The Hall–Kier alpha value is -1.96. The predicted octanol–water partition coefficient (Wildman–Crippen LogP) is -0.231. The van der Waals surface area contributed by atoms with Gasteiger partial charge in [-0.2, -0.15) is 0 Å². The van der Waals surface area contributed by atoms with Crippen LogP contribution in [-0.2, 0) is 38.1 Å². The molecule has 1 heterocycles. The summed E-state index contributed by atoms with van der Waals surface area (Å²) in [5.41, 5.74) is 0. The normalized spacial score (nSPS) is 33.2. The lowest BCUT2D eigenvalue weighted by Gasteiger charge is -2.49. The van der Waals surface area contributed by atoms with Crippen molar-refractivity contribution in [3.05, 3.63) is 0 Å². The van der Waals surface area contributed by atoms with Crippen LogP contribution in [0.2, 0.25) is 0 Å². The summed E-state index contributed by atoms with van der Waals surface area (Å²) >= 11 is 0. The number of rotatable bonds is 4. The molecule has 2 fully saturated rings. The van der Waals surface area contributed by atoms with E-state index in [2.05, 4.69) is 0 Å². The first kappa shape index (κ1) is 16.4. The molecule has 0 N–H and O–H groups in total. The molecule has 0 amide bonds. The van der Waals surface area contributed by atoms with Crippen molar-refractivity contribution < 1.29 is 38.1 Å². The van der Waals surface area contributed by atoms with Gasteiger partial charge in [0.05, 0.1) is 12.0 Å². The number of esters is 3. The van der Waals surface area contributed by atoms with Crippen LogP contribution in [0.3, 0.4) is 0 Å². The van der Waals surface area contributed by atoms with E-state index >= 15 is 0 Å². The Labute approximate surface area is 127 Å². The van der Waals surface area contributed by atoms with Crippen molar-refractivity contribution in [2.75, 3.05) is 6.61 Å². The van der Waals surface area contributed by atoms with Gasteiger partial charge in [-0.15, -0.1) is 0 Å². The van der Waals surface area contributed by atoms with E-state index in [1.165, 1.54) is 20.8 Å². The fraction of sp³-hybridized carbons (Fsp3) is 0.714. The quantitative estimate of drug-likeness (QED) is 0.517. The van der Waals surface area contributed by atoms with Gasteiger partial charge in [-0.3, -0.25) is 19.2 Å². The third kappa shape index (κ3) is 3.44. The Bertz CT molecular complexity index is 499. The number of Topliss-reactive ketones (excluding diaryl/α,β-unsaturated/α-hetero) is 1. The van der Waals surface area contributed by atoms with Crippen LogP contribution in [0.15, 0.2) is 0 Å². The minimum Gasteiger partial charge on any atom is -0.463 e. The molecule has 1 saturated heterocycles. The van der Waals surface area contributed by atoms with Gasteiger partial charge in [-0.1, -0.05) is 0 Å². The third-order valence-corrected chi connectivity index (χ3v) is 3.62. The maximum absolute atomic E-state index is 11.8. The minimum absolute atomic E-state index is 0.112. The lowest BCUT2D eigenvalue weighted by molar-refractivity contribution is -0.245. The standard InChI is InChI=1S/C14H18O8/c1-6(15)19-5-11-13(20-7(2)16)14(21-8(3)17)12-9(18)4-10(12)22-11/h10-14H,4-5H2,1-3H3/t10-,11-,12+,13-,14-/m1/s1. The summed E-state index contributed by atoms with van der Waals surface area (Å²) in [6.07, 6.45) is -2.94. The first-order chi connectivity index (χ1) is 10.3. The predicted molar refractivity (Wildman–Crippen MR) is 69.5 cm³/mol. The maximum atomic E-state index is 11.8. The van der Waals surface area contributed by atoms with E-state index in [0.29, 0.717) is 0 Å². The van der Waals surface area contributed by atoms with Crippen LogP contribution in [0.1, 0.15) is 27.2 Å². The van der Waals surface area contributed by atoms with Gasteiger partial charge in [-0.05, 0) is 0 Å². The molecule has 0 unspecified atom stereocenters. The number of ether oxygens (including phenoxy) is 4. The largest absolute Gasteiger partial charge is 0.463 e. The van der Waals surface area contributed by atoms with Crippen LogP contribution in [0.5, 0.6) is 0 Å². The number of ketones is 1. The zero-order valence-corrected chi connectivity index (χ0v) is 12.6. The summed E-state index contributed by atoms with van der Waals surface area (Å²) in [6, 6.07) is 0. The van der Waals surface area contributed by atoms with Crippen LogP contribution in [-0.4, -0.2) is 54.7 Å². The van der Waals surface area contributed by atoms with Gasteiger partial charge in [0.25, 0.3) is 0 Å². The van der Waals surface area contributed by atoms with Crippen LogP contribution in [0.25, 0.3) is 0 Å². The second-order valence-corrected chi connectivity index (χ2v) is 5.36. The number of carbonyl (C=O) groups excluding carboxylic acids is 4. The molecule has 122 valence electrons. The zero-order valence-electron chi connectivity index (χ0n) is 12.6. The lowest BCUT2D eigenvalue weighted by Crippen LogP contribution is -2.65. The highest BCUT2D eigenvalue weighted by atomic mass is 16.6. The first-order valence-corrected chi connectivity index (χ1v) is 6.95. The first-order valence-electron chi connectivity index (χ1n) is 6.95. The maximum Gasteiger partial charge on any atom is 0.303 e. The number of carbonyl (C=O) groups is 4. The van der Waals surface area contributed by atoms with E-state index in [1.807, 2.05) is 0 Å². The van der Waals surface area contributed by atoms with Gasteiger partial charge in [0.1, 0.15) is 18.5 Å². The average molecular weight is 314 g/mol. The van der Waals surface area contributed by atoms with Crippen LogP contribution < -0.4 is 0 Å².